The number of ether oxygens (including phenoxy) is 3. The molecule has 0 aliphatic carbocycles. The Morgan fingerprint density at radius 3 is 2.16 bits per heavy atom. The Labute approximate surface area is 203 Å². The highest BCUT2D eigenvalue weighted by Crippen LogP contribution is 2.27. The first-order chi connectivity index (χ1) is 14.5. The van der Waals surface area contributed by atoms with Gasteiger partial charge in [0.1, 0.15) is 0 Å². The number of rotatable bonds is 11. The standard InChI is InChI=1S/C24H35N3O3.HI/c1-6-25-24(26-14-13-19-11-12-22(28-4)23(15-19)29-5)27-16-20-7-9-21(10-8-20)17-30-18(2)3;/h7-12,15,18H,6,13-14,16-17H2,1-5H3,(H2,25,26,27);1H. The molecule has 31 heavy (non-hydrogen) atoms. The molecular formula is C24H36IN3O3. The van der Waals surface area contributed by atoms with Gasteiger partial charge in [0, 0.05) is 13.1 Å². The van der Waals surface area contributed by atoms with Crippen LogP contribution in [-0.2, 0) is 24.3 Å². The molecule has 0 atom stereocenters. The van der Waals surface area contributed by atoms with Gasteiger partial charge < -0.3 is 24.8 Å². The summed E-state index contributed by atoms with van der Waals surface area (Å²) >= 11 is 0. The molecule has 0 heterocycles. The molecule has 2 rings (SSSR count). The minimum Gasteiger partial charge on any atom is -0.493 e. The van der Waals surface area contributed by atoms with Crippen molar-refractivity contribution in [1.82, 2.24) is 10.6 Å². The molecule has 2 aromatic carbocycles. The lowest BCUT2D eigenvalue weighted by atomic mass is 10.1. The average Bonchev–Trinajstić information content (AvgIpc) is 2.76. The van der Waals surface area contributed by atoms with Crippen LogP contribution in [0.3, 0.4) is 0 Å². The largest absolute Gasteiger partial charge is 0.493 e. The van der Waals surface area contributed by atoms with Gasteiger partial charge in [-0.15, -0.1) is 24.0 Å². The highest BCUT2D eigenvalue weighted by atomic mass is 127. The van der Waals surface area contributed by atoms with Crippen LogP contribution in [0.15, 0.2) is 47.5 Å². The van der Waals surface area contributed by atoms with Crippen molar-refractivity contribution in [2.45, 2.75) is 46.4 Å². The third-order valence-electron chi connectivity index (χ3n) is 4.52. The Kier molecular flexibility index (Phi) is 13.0. The van der Waals surface area contributed by atoms with E-state index >= 15 is 0 Å². The fourth-order valence-electron chi connectivity index (χ4n) is 2.88. The molecule has 0 saturated carbocycles. The van der Waals surface area contributed by atoms with E-state index < -0.39 is 0 Å². The van der Waals surface area contributed by atoms with Crippen molar-refractivity contribution in [1.29, 1.82) is 0 Å². The zero-order valence-corrected chi connectivity index (χ0v) is 21.6. The number of aliphatic imine (C=N–C) groups is 1. The van der Waals surface area contributed by atoms with E-state index in [2.05, 4.69) is 47.9 Å². The first kappa shape index (κ1) is 27.0. The summed E-state index contributed by atoms with van der Waals surface area (Å²) < 4.78 is 16.3. The molecule has 2 aromatic rings. The number of methoxy groups -OCH3 is 2. The molecule has 0 aliphatic heterocycles. The fraction of sp³-hybridized carbons (Fsp3) is 0.458. The van der Waals surface area contributed by atoms with Gasteiger partial charge in [-0.1, -0.05) is 30.3 Å². The molecule has 2 N–H and O–H groups in total. The molecule has 0 amide bonds. The molecule has 172 valence electrons. The zero-order valence-electron chi connectivity index (χ0n) is 19.2. The fourth-order valence-corrected chi connectivity index (χ4v) is 2.88. The lowest BCUT2D eigenvalue weighted by Crippen LogP contribution is -2.38. The number of benzene rings is 2. The molecule has 7 heteroatoms. The summed E-state index contributed by atoms with van der Waals surface area (Å²) in [4.78, 5) is 4.70. The molecule has 0 unspecified atom stereocenters. The van der Waals surface area contributed by atoms with Crippen molar-refractivity contribution in [3.63, 3.8) is 0 Å². The smallest absolute Gasteiger partial charge is 0.191 e. The predicted octanol–water partition coefficient (Wildman–Crippen LogP) is 4.54. The number of hydrogen-bond donors (Lipinski definition) is 2. The third-order valence-corrected chi connectivity index (χ3v) is 4.52. The second kappa shape index (κ2) is 14.9. The second-order valence-corrected chi connectivity index (χ2v) is 7.24. The van der Waals surface area contributed by atoms with Crippen molar-refractivity contribution < 1.29 is 14.2 Å². The van der Waals surface area contributed by atoms with Crippen LogP contribution in [0.25, 0.3) is 0 Å². The van der Waals surface area contributed by atoms with Crippen LogP contribution < -0.4 is 20.1 Å². The minimum absolute atomic E-state index is 0. The summed E-state index contributed by atoms with van der Waals surface area (Å²) in [5.74, 6) is 2.30. The van der Waals surface area contributed by atoms with E-state index in [1.165, 1.54) is 16.7 Å². The summed E-state index contributed by atoms with van der Waals surface area (Å²) in [6.45, 7) is 9.00. The topological polar surface area (TPSA) is 64.1 Å². The Hall–Kier alpha value is -2.00. The van der Waals surface area contributed by atoms with Gasteiger partial charge in [0.25, 0.3) is 0 Å². The molecule has 0 bridgehead atoms. The number of guanidine groups is 1. The van der Waals surface area contributed by atoms with Gasteiger partial charge in [0.05, 0.1) is 33.5 Å². The van der Waals surface area contributed by atoms with Crippen LogP contribution in [0.2, 0.25) is 0 Å². The summed E-state index contributed by atoms with van der Waals surface area (Å²) in [7, 11) is 3.30. The Morgan fingerprint density at radius 2 is 1.55 bits per heavy atom. The SMILES string of the molecule is CCNC(=NCc1ccc(COC(C)C)cc1)NCCc1ccc(OC)c(OC)c1.I. The first-order valence-corrected chi connectivity index (χ1v) is 10.5. The van der Waals surface area contributed by atoms with Gasteiger partial charge >= 0.3 is 0 Å². The van der Waals surface area contributed by atoms with Crippen LogP contribution in [-0.4, -0.2) is 39.4 Å². The van der Waals surface area contributed by atoms with Crippen molar-refractivity contribution in [2.24, 2.45) is 4.99 Å². The van der Waals surface area contributed by atoms with Crippen molar-refractivity contribution in [2.75, 3.05) is 27.3 Å². The van der Waals surface area contributed by atoms with Crippen molar-refractivity contribution in [3.8, 4) is 11.5 Å². The van der Waals surface area contributed by atoms with E-state index in [1.807, 2.05) is 26.0 Å². The van der Waals surface area contributed by atoms with Crippen LogP contribution >= 0.6 is 24.0 Å². The lowest BCUT2D eigenvalue weighted by molar-refractivity contribution is 0.0657. The molecule has 0 saturated heterocycles. The monoisotopic (exact) mass is 541 g/mol. The molecule has 0 aromatic heterocycles. The second-order valence-electron chi connectivity index (χ2n) is 7.24. The van der Waals surface area contributed by atoms with Crippen molar-refractivity contribution in [3.05, 3.63) is 59.2 Å². The Morgan fingerprint density at radius 1 is 0.903 bits per heavy atom. The normalized spacial score (nSPS) is 11.1. The maximum absolute atomic E-state index is 5.64. The summed E-state index contributed by atoms with van der Waals surface area (Å²) in [6, 6.07) is 14.4. The lowest BCUT2D eigenvalue weighted by Gasteiger charge is -2.13. The average molecular weight is 541 g/mol. The van der Waals surface area contributed by atoms with Crippen LogP contribution in [0.5, 0.6) is 11.5 Å². The van der Waals surface area contributed by atoms with Gasteiger partial charge in [0.2, 0.25) is 0 Å². The molecule has 0 fully saturated rings. The van der Waals surface area contributed by atoms with E-state index in [0.717, 1.165) is 37.0 Å². The summed E-state index contributed by atoms with van der Waals surface area (Å²) in [5.41, 5.74) is 3.52. The highest BCUT2D eigenvalue weighted by molar-refractivity contribution is 14.0. The number of nitrogens with zero attached hydrogens (tertiary/aromatic N) is 1. The Balaban J connectivity index is 0.00000480. The van der Waals surface area contributed by atoms with Gasteiger partial charge in [-0.25, -0.2) is 4.99 Å². The molecule has 0 spiro atoms. The van der Waals surface area contributed by atoms with E-state index in [0.29, 0.717) is 13.2 Å². The molecular weight excluding hydrogens is 505 g/mol. The van der Waals surface area contributed by atoms with Gasteiger partial charge in [-0.2, -0.15) is 0 Å². The number of halogens is 1. The predicted molar refractivity (Wildman–Crippen MR) is 138 cm³/mol. The van der Waals surface area contributed by atoms with E-state index in [9.17, 15) is 0 Å². The zero-order chi connectivity index (χ0) is 21.8. The van der Waals surface area contributed by atoms with Crippen molar-refractivity contribution >= 4 is 29.9 Å². The van der Waals surface area contributed by atoms with Gasteiger partial charge in [-0.3, -0.25) is 0 Å². The molecule has 0 aliphatic rings. The van der Waals surface area contributed by atoms with E-state index in [4.69, 9.17) is 19.2 Å². The maximum Gasteiger partial charge on any atom is 0.191 e. The number of nitrogens with one attached hydrogen (secondary N) is 2. The third kappa shape index (κ3) is 9.78. The van der Waals surface area contributed by atoms with Crippen LogP contribution in [0.1, 0.15) is 37.5 Å². The Bertz CT molecular complexity index is 795. The maximum atomic E-state index is 5.64. The number of hydrogen-bond acceptors (Lipinski definition) is 4. The van der Waals surface area contributed by atoms with Crippen LogP contribution in [0, 0.1) is 0 Å². The first-order valence-electron chi connectivity index (χ1n) is 10.5. The summed E-state index contributed by atoms with van der Waals surface area (Å²) in [5, 5.41) is 6.69. The quantitative estimate of drug-likeness (QED) is 0.249. The van der Waals surface area contributed by atoms with Crippen LogP contribution in [0.4, 0.5) is 0 Å². The molecule has 6 nitrogen and oxygen atoms in total. The van der Waals surface area contributed by atoms with Gasteiger partial charge in [0.15, 0.2) is 17.5 Å². The summed E-state index contributed by atoms with van der Waals surface area (Å²) in [6.07, 6.45) is 1.09. The highest BCUT2D eigenvalue weighted by Gasteiger charge is 2.05. The van der Waals surface area contributed by atoms with E-state index in [-0.39, 0.29) is 30.1 Å². The van der Waals surface area contributed by atoms with E-state index in [1.54, 1.807) is 14.2 Å². The van der Waals surface area contributed by atoms with Gasteiger partial charge in [-0.05, 0) is 56.0 Å². The minimum atomic E-state index is 0. The molecule has 0 radical (unpaired) electrons.